The number of benzene rings is 1. The monoisotopic (exact) mass is 365 g/mol. The summed E-state index contributed by atoms with van der Waals surface area (Å²) in [5.74, 6) is -0.658. The molecule has 0 radical (unpaired) electrons. The van der Waals surface area contributed by atoms with Crippen LogP contribution in [0.15, 0.2) is 24.3 Å². The highest BCUT2D eigenvalue weighted by Gasteiger charge is 2.17. The molecule has 0 bridgehead atoms. The van der Waals surface area contributed by atoms with Crippen LogP contribution in [0.3, 0.4) is 0 Å². The number of rotatable bonds is 12. The molecule has 1 aromatic carbocycles. The first-order valence-corrected chi connectivity index (χ1v) is 9.07. The van der Waals surface area contributed by atoms with Crippen molar-refractivity contribution in [2.45, 2.75) is 58.8 Å². The van der Waals surface area contributed by atoms with E-state index in [0.29, 0.717) is 12.5 Å². The van der Waals surface area contributed by atoms with Crippen LogP contribution in [0, 0.1) is 16.0 Å². The number of hydrogen-bond donors (Lipinski definition) is 0. The SMILES string of the molecule is CCCCC(CC)COC(=O)CCCC(=O)Oc1ccccc1[N+](=O)[O-]. The molecule has 0 saturated heterocycles. The summed E-state index contributed by atoms with van der Waals surface area (Å²) >= 11 is 0. The Bertz CT molecular complexity index is 601. The van der Waals surface area contributed by atoms with Gasteiger partial charge in [0.1, 0.15) is 0 Å². The first-order valence-electron chi connectivity index (χ1n) is 9.07. The van der Waals surface area contributed by atoms with E-state index in [1.54, 1.807) is 6.07 Å². The van der Waals surface area contributed by atoms with E-state index in [0.717, 1.165) is 25.7 Å². The van der Waals surface area contributed by atoms with Crippen molar-refractivity contribution in [3.8, 4) is 5.75 Å². The molecule has 0 aliphatic carbocycles. The number of unbranched alkanes of at least 4 members (excludes halogenated alkanes) is 1. The number of nitrogens with zero attached hydrogens (tertiary/aromatic N) is 1. The van der Waals surface area contributed by atoms with Crippen LogP contribution in [-0.2, 0) is 14.3 Å². The summed E-state index contributed by atoms with van der Waals surface area (Å²) in [7, 11) is 0. The first-order chi connectivity index (χ1) is 12.5. The lowest BCUT2D eigenvalue weighted by Crippen LogP contribution is -2.15. The van der Waals surface area contributed by atoms with E-state index in [2.05, 4.69) is 13.8 Å². The van der Waals surface area contributed by atoms with Gasteiger partial charge in [0.25, 0.3) is 0 Å². The fraction of sp³-hybridized carbons (Fsp3) is 0.579. The van der Waals surface area contributed by atoms with Crippen LogP contribution in [0.1, 0.15) is 58.8 Å². The Morgan fingerprint density at radius 3 is 2.46 bits per heavy atom. The van der Waals surface area contributed by atoms with Crippen LogP contribution in [-0.4, -0.2) is 23.5 Å². The summed E-state index contributed by atoms with van der Waals surface area (Å²) in [6.07, 6.45) is 4.64. The third-order valence-corrected chi connectivity index (χ3v) is 4.07. The van der Waals surface area contributed by atoms with Crippen molar-refractivity contribution in [3.05, 3.63) is 34.4 Å². The molecular formula is C19H27NO6. The Hall–Kier alpha value is -2.44. The second-order valence-electron chi connectivity index (χ2n) is 6.15. The topological polar surface area (TPSA) is 95.7 Å². The standard InChI is InChI=1S/C19H27NO6/c1-3-5-9-15(4-2)14-25-18(21)12-8-13-19(22)26-17-11-7-6-10-16(17)20(23)24/h6-7,10-11,15H,3-5,8-9,12-14H2,1-2H3. The fourth-order valence-corrected chi connectivity index (χ4v) is 2.43. The number of para-hydroxylation sites is 2. The van der Waals surface area contributed by atoms with Gasteiger partial charge in [0.05, 0.1) is 11.5 Å². The second-order valence-corrected chi connectivity index (χ2v) is 6.15. The molecule has 0 amide bonds. The first kappa shape index (κ1) is 21.6. The highest BCUT2D eigenvalue weighted by molar-refractivity contribution is 5.75. The lowest BCUT2D eigenvalue weighted by molar-refractivity contribution is -0.385. The largest absolute Gasteiger partial charge is 0.465 e. The van der Waals surface area contributed by atoms with Crippen LogP contribution in [0.5, 0.6) is 5.75 Å². The van der Waals surface area contributed by atoms with Crippen LogP contribution in [0.4, 0.5) is 5.69 Å². The minimum atomic E-state index is -0.610. The van der Waals surface area contributed by atoms with Crippen molar-refractivity contribution in [2.24, 2.45) is 5.92 Å². The van der Waals surface area contributed by atoms with Gasteiger partial charge in [0.15, 0.2) is 0 Å². The summed E-state index contributed by atoms with van der Waals surface area (Å²) in [4.78, 5) is 33.8. The molecule has 1 atom stereocenters. The van der Waals surface area contributed by atoms with Crippen LogP contribution >= 0.6 is 0 Å². The van der Waals surface area contributed by atoms with Gasteiger partial charge in [0, 0.05) is 18.9 Å². The van der Waals surface area contributed by atoms with Gasteiger partial charge >= 0.3 is 17.6 Å². The van der Waals surface area contributed by atoms with Crippen molar-refractivity contribution >= 4 is 17.6 Å². The van der Waals surface area contributed by atoms with Crippen molar-refractivity contribution in [1.82, 2.24) is 0 Å². The molecule has 0 heterocycles. The van der Waals surface area contributed by atoms with Crippen LogP contribution < -0.4 is 4.74 Å². The molecule has 0 spiro atoms. The molecule has 0 fully saturated rings. The summed E-state index contributed by atoms with van der Waals surface area (Å²) in [6.45, 7) is 4.62. The van der Waals surface area contributed by atoms with Crippen molar-refractivity contribution < 1.29 is 24.0 Å². The van der Waals surface area contributed by atoms with Crippen LogP contribution in [0.2, 0.25) is 0 Å². The van der Waals surface area contributed by atoms with E-state index in [9.17, 15) is 19.7 Å². The van der Waals surface area contributed by atoms with E-state index >= 15 is 0 Å². The van der Waals surface area contributed by atoms with Gasteiger partial charge in [-0.2, -0.15) is 0 Å². The zero-order chi connectivity index (χ0) is 19.4. The zero-order valence-corrected chi connectivity index (χ0v) is 15.4. The predicted molar refractivity (Wildman–Crippen MR) is 96.8 cm³/mol. The van der Waals surface area contributed by atoms with Gasteiger partial charge < -0.3 is 9.47 Å². The summed E-state index contributed by atoms with van der Waals surface area (Å²) in [6, 6.07) is 5.68. The lowest BCUT2D eigenvalue weighted by atomic mass is 10.0. The van der Waals surface area contributed by atoms with Crippen LogP contribution in [0.25, 0.3) is 0 Å². The van der Waals surface area contributed by atoms with E-state index in [4.69, 9.17) is 9.47 Å². The highest BCUT2D eigenvalue weighted by atomic mass is 16.6. The molecule has 1 unspecified atom stereocenters. The Labute approximate surface area is 153 Å². The Kier molecular flexibility index (Phi) is 9.97. The Balaban J connectivity index is 2.31. The molecule has 0 saturated carbocycles. The Morgan fingerprint density at radius 1 is 1.12 bits per heavy atom. The van der Waals surface area contributed by atoms with Gasteiger partial charge in [-0.1, -0.05) is 45.2 Å². The molecule has 144 valence electrons. The average Bonchev–Trinajstić information content (AvgIpc) is 2.62. The molecular weight excluding hydrogens is 338 g/mol. The average molecular weight is 365 g/mol. The number of carbonyl (C=O) groups excluding carboxylic acids is 2. The maximum absolute atomic E-state index is 11.8. The molecule has 0 aromatic heterocycles. The van der Waals surface area contributed by atoms with E-state index in [1.807, 2.05) is 0 Å². The second kappa shape index (κ2) is 12.0. The number of esters is 2. The molecule has 0 N–H and O–H groups in total. The van der Waals surface area contributed by atoms with Gasteiger partial charge in [0.2, 0.25) is 5.75 Å². The molecule has 26 heavy (non-hydrogen) atoms. The predicted octanol–water partition coefficient (Wildman–Crippen LogP) is 4.43. The fourth-order valence-electron chi connectivity index (χ4n) is 2.43. The highest BCUT2D eigenvalue weighted by Crippen LogP contribution is 2.26. The van der Waals surface area contributed by atoms with E-state index < -0.39 is 10.9 Å². The Morgan fingerprint density at radius 2 is 1.81 bits per heavy atom. The number of hydrogen-bond acceptors (Lipinski definition) is 6. The molecule has 7 heteroatoms. The van der Waals surface area contributed by atoms with E-state index in [-0.39, 0.29) is 36.7 Å². The number of ether oxygens (including phenoxy) is 2. The summed E-state index contributed by atoms with van der Waals surface area (Å²) in [5.41, 5.74) is -0.266. The lowest BCUT2D eigenvalue weighted by Gasteiger charge is -2.14. The normalized spacial score (nSPS) is 11.6. The van der Waals surface area contributed by atoms with Gasteiger partial charge in [-0.05, 0) is 24.8 Å². The summed E-state index contributed by atoms with van der Waals surface area (Å²) in [5, 5.41) is 10.9. The zero-order valence-electron chi connectivity index (χ0n) is 15.4. The quantitative estimate of drug-likeness (QED) is 0.235. The molecule has 1 rings (SSSR count). The van der Waals surface area contributed by atoms with Gasteiger partial charge in [-0.15, -0.1) is 0 Å². The van der Waals surface area contributed by atoms with Gasteiger partial charge in [-0.25, -0.2) is 0 Å². The van der Waals surface area contributed by atoms with E-state index in [1.165, 1.54) is 18.2 Å². The summed E-state index contributed by atoms with van der Waals surface area (Å²) < 4.78 is 10.3. The number of nitro benzene ring substituents is 1. The number of carbonyl (C=O) groups is 2. The van der Waals surface area contributed by atoms with Crippen molar-refractivity contribution in [2.75, 3.05) is 6.61 Å². The third kappa shape index (κ3) is 8.09. The molecule has 0 aliphatic heterocycles. The van der Waals surface area contributed by atoms with Gasteiger partial charge in [-0.3, -0.25) is 19.7 Å². The molecule has 7 nitrogen and oxygen atoms in total. The molecule has 0 aliphatic rings. The maximum atomic E-state index is 11.8. The minimum Gasteiger partial charge on any atom is -0.465 e. The van der Waals surface area contributed by atoms with Crippen molar-refractivity contribution in [1.29, 1.82) is 0 Å². The number of nitro groups is 1. The van der Waals surface area contributed by atoms with Crippen molar-refractivity contribution in [3.63, 3.8) is 0 Å². The smallest absolute Gasteiger partial charge is 0.311 e. The minimum absolute atomic E-state index is 0.00576. The third-order valence-electron chi connectivity index (χ3n) is 4.07. The maximum Gasteiger partial charge on any atom is 0.311 e. The molecule has 1 aromatic rings.